The highest BCUT2D eigenvalue weighted by Crippen LogP contribution is 2.19. The normalized spacial score (nSPS) is 18.3. The van der Waals surface area contributed by atoms with Gasteiger partial charge < -0.3 is 15.2 Å². The predicted molar refractivity (Wildman–Crippen MR) is 53.3 cm³/mol. The van der Waals surface area contributed by atoms with Crippen LogP contribution in [-0.2, 0) is 9.53 Å². The summed E-state index contributed by atoms with van der Waals surface area (Å²) in [5, 5.41) is 11.2. The van der Waals surface area contributed by atoms with Gasteiger partial charge in [0.05, 0.1) is 19.3 Å². The molecule has 1 fully saturated rings. The molecule has 1 aliphatic rings. The topological polar surface area (TPSA) is 58.6 Å². The minimum absolute atomic E-state index is 0.0219. The summed E-state index contributed by atoms with van der Waals surface area (Å²) in [6.07, 6.45) is 6.62. The van der Waals surface area contributed by atoms with E-state index in [2.05, 4.69) is 5.32 Å². The molecule has 82 valence electrons. The quantitative estimate of drug-likeness (QED) is 0.630. The molecule has 0 aromatic carbocycles. The lowest BCUT2D eigenvalue weighted by atomic mass is 9.98. The summed E-state index contributed by atoms with van der Waals surface area (Å²) in [6.45, 7) is 1.27. The van der Waals surface area contributed by atoms with Crippen LogP contribution in [0.4, 0.5) is 0 Å². The zero-order valence-electron chi connectivity index (χ0n) is 8.50. The maximum absolute atomic E-state index is 10.2. The lowest BCUT2D eigenvalue weighted by Gasteiger charge is -2.21. The summed E-state index contributed by atoms with van der Waals surface area (Å²) >= 11 is 0. The van der Waals surface area contributed by atoms with Crippen molar-refractivity contribution < 1.29 is 14.6 Å². The van der Waals surface area contributed by atoms with Gasteiger partial charge in [0, 0.05) is 6.54 Å². The Labute approximate surface area is 84.6 Å². The third kappa shape index (κ3) is 5.19. The molecule has 0 bridgehead atoms. The van der Waals surface area contributed by atoms with Crippen LogP contribution in [0.3, 0.4) is 0 Å². The Morgan fingerprint density at radius 1 is 1.36 bits per heavy atom. The highest BCUT2D eigenvalue weighted by atomic mass is 16.5. The van der Waals surface area contributed by atoms with Gasteiger partial charge in [-0.05, 0) is 12.8 Å². The Morgan fingerprint density at radius 2 is 2.07 bits per heavy atom. The SMILES string of the molecule is O=C(O)CNCCOC1CCCCC1. The molecule has 0 aliphatic heterocycles. The molecule has 0 aromatic heterocycles. The van der Waals surface area contributed by atoms with E-state index in [0.717, 1.165) is 0 Å². The van der Waals surface area contributed by atoms with Crippen molar-refractivity contribution in [3.8, 4) is 0 Å². The monoisotopic (exact) mass is 201 g/mol. The molecule has 0 radical (unpaired) electrons. The van der Waals surface area contributed by atoms with Gasteiger partial charge in [-0.1, -0.05) is 19.3 Å². The first-order valence-electron chi connectivity index (χ1n) is 5.33. The van der Waals surface area contributed by atoms with E-state index in [1.807, 2.05) is 0 Å². The van der Waals surface area contributed by atoms with E-state index in [0.29, 0.717) is 19.3 Å². The van der Waals surface area contributed by atoms with Gasteiger partial charge in [0.1, 0.15) is 0 Å². The molecule has 14 heavy (non-hydrogen) atoms. The van der Waals surface area contributed by atoms with Crippen molar-refractivity contribution in [1.29, 1.82) is 0 Å². The van der Waals surface area contributed by atoms with Crippen molar-refractivity contribution in [3.63, 3.8) is 0 Å². The zero-order valence-corrected chi connectivity index (χ0v) is 8.50. The van der Waals surface area contributed by atoms with E-state index in [-0.39, 0.29) is 6.54 Å². The Balaban J connectivity index is 1.90. The van der Waals surface area contributed by atoms with E-state index < -0.39 is 5.97 Å². The van der Waals surface area contributed by atoms with Crippen LogP contribution >= 0.6 is 0 Å². The lowest BCUT2D eigenvalue weighted by molar-refractivity contribution is -0.136. The number of carboxylic acids is 1. The third-order valence-corrected chi connectivity index (χ3v) is 2.46. The van der Waals surface area contributed by atoms with Crippen LogP contribution in [0.15, 0.2) is 0 Å². The van der Waals surface area contributed by atoms with Crippen LogP contribution in [0.1, 0.15) is 32.1 Å². The van der Waals surface area contributed by atoms with E-state index in [1.54, 1.807) is 0 Å². The number of ether oxygens (including phenoxy) is 1. The van der Waals surface area contributed by atoms with Crippen molar-refractivity contribution in [2.45, 2.75) is 38.2 Å². The number of rotatable bonds is 6. The fraction of sp³-hybridized carbons (Fsp3) is 0.900. The van der Waals surface area contributed by atoms with E-state index in [1.165, 1.54) is 32.1 Å². The molecule has 2 N–H and O–H groups in total. The van der Waals surface area contributed by atoms with Crippen molar-refractivity contribution in [3.05, 3.63) is 0 Å². The van der Waals surface area contributed by atoms with E-state index >= 15 is 0 Å². The molecule has 0 heterocycles. The minimum atomic E-state index is -0.817. The second-order valence-corrected chi connectivity index (χ2v) is 3.70. The molecule has 0 unspecified atom stereocenters. The van der Waals surface area contributed by atoms with Crippen molar-refractivity contribution >= 4 is 5.97 Å². The van der Waals surface area contributed by atoms with Crippen LogP contribution in [0.5, 0.6) is 0 Å². The lowest BCUT2D eigenvalue weighted by Crippen LogP contribution is -2.28. The molecular weight excluding hydrogens is 182 g/mol. The summed E-state index contributed by atoms with van der Waals surface area (Å²) in [5.41, 5.74) is 0. The molecule has 1 rings (SSSR count). The molecule has 0 aromatic rings. The molecule has 4 nitrogen and oxygen atoms in total. The molecule has 0 atom stereocenters. The molecule has 0 saturated heterocycles. The Hall–Kier alpha value is -0.610. The second-order valence-electron chi connectivity index (χ2n) is 3.70. The van der Waals surface area contributed by atoms with Gasteiger partial charge in [0.2, 0.25) is 0 Å². The van der Waals surface area contributed by atoms with Gasteiger partial charge in [-0.2, -0.15) is 0 Å². The van der Waals surface area contributed by atoms with Crippen LogP contribution in [0.25, 0.3) is 0 Å². The fourth-order valence-electron chi connectivity index (χ4n) is 1.72. The van der Waals surface area contributed by atoms with Crippen LogP contribution < -0.4 is 5.32 Å². The third-order valence-electron chi connectivity index (χ3n) is 2.46. The average Bonchev–Trinajstić information content (AvgIpc) is 2.18. The fourth-order valence-corrected chi connectivity index (χ4v) is 1.72. The summed E-state index contributed by atoms with van der Waals surface area (Å²) in [5.74, 6) is -0.817. The van der Waals surface area contributed by atoms with Crippen LogP contribution in [-0.4, -0.2) is 36.9 Å². The zero-order chi connectivity index (χ0) is 10.2. The first-order chi connectivity index (χ1) is 6.79. The molecular formula is C10H19NO3. The number of hydrogen-bond donors (Lipinski definition) is 2. The minimum Gasteiger partial charge on any atom is -0.480 e. The summed E-state index contributed by atoms with van der Waals surface area (Å²) in [6, 6.07) is 0. The van der Waals surface area contributed by atoms with Crippen molar-refractivity contribution in [2.75, 3.05) is 19.7 Å². The highest BCUT2D eigenvalue weighted by molar-refractivity contribution is 5.68. The number of carbonyl (C=O) groups is 1. The molecule has 4 heteroatoms. The number of hydrogen-bond acceptors (Lipinski definition) is 3. The summed E-state index contributed by atoms with van der Waals surface area (Å²) in [4.78, 5) is 10.2. The maximum atomic E-state index is 10.2. The Bertz CT molecular complexity index is 167. The number of aliphatic carboxylic acids is 1. The standard InChI is InChI=1S/C10H19NO3/c12-10(13)8-11-6-7-14-9-4-2-1-3-5-9/h9,11H,1-8H2,(H,12,13). The van der Waals surface area contributed by atoms with E-state index in [9.17, 15) is 4.79 Å². The number of nitrogens with one attached hydrogen (secondary N) is 1. The summed E-state index contributed by atoms with van der Waals surface area (Å²) < 4.78 is 5.61. The van der Waals surface area contributed by atoms with Crippen LogP contribution in [0.2, 0.25) is 0 Å². The van der Waals surface area contributed by atoms with Gasteiger partial charge in [-0.15, -0.1) is 0 Å². The predicted octanol–water partition coefficient (Wildman–Crippen LogP) is 1.01. The Morgan fingerprint density at radius 3 is 2.71 bits per heavy atom. The van der Waals surface area contributed by atoms with Crippen LogP contribution in [0, 0.1) is 0 Å². The van der Waals surface area contributed by atoms with Gasteiger partial charge in [-0.25, -0.2) is 0 Å². The average molecular weight is 201 g/mol. The highest BCUT2D eigenvalue weighted by Gasteiger charge is 2.12. The summed E-state index contributed by atoms with van der Waals surface area (Å²) in [7, 11) is 0. The first-order valence-corrected chi connectivity index (χ1v) is 5.33. The van der Waals surface area contributed by atoms with Gasteiger partial charge in [-0.3, -0.25) is 4.79 Å². The molecule has 1 aliphatic carbocycles. The van der Waals surface area contributed by atoms with Crippen molar-refractivity contribution in [1.82, 2.24) is 5.32 Å². The van der Waals surface area contributed by atoms with Crippen molar-refractivity contribution in [2.24, 2.45) is 0 Å². The maximum Gasteiger partial charge on any atom is 0.317 e. The smallest absolute Gasteiger partial charge is 0.317 e. The Kier molecular flexibility index (Phi) is 5.56. The molecule has 0 amide bonds. The molecule has 0 spiro atoms. The largest absolute Gasteiger partial charge is 0.480 e. The number of carboxylic acid groups (broad SMARTS) is 1. The van der Waals surface area contributed by atoms with Gasteiger partial charge in [0.25, 0.3) is 0 Å². The van der Waals surface area contributed by atoms with E-state index in [4.69, 9.17) is 9.84 Å². The van der Waals surface area contributed by atoms with Gasteiger partial charge in [0.15, 0.2) is 0 Å². The second kappa shape index (κ2) is 6.79. The van der Waals surface area contributed by atoms with Gasteiger partial charge >= 0.3 is 5.97 Å². The first kappa shape index (κ1) is 11.5. The molecule has 1 saturated carbocycles.